The van der Waals surface area contributed by atoms with Gasteiger partial charge in [0, 0.05) is 24.6 Å². The van der Waals surface area contributed by atoms with Crippen molar-refractivity contribution in [3.63, 3.8) is 0 Å². The molecule has 0 saturated carbocycles. The first-order valence-electron chi connectivity index (χ1n) is 6.10. The summed E-state index contributed by atoms with van der Waals surface area (Å²) in [6.45, 7) is 9.81. The van der Waals surface area contributed by atoms with Crippen LogP contribution in [0.15, 0.2) is 24.3 Å². The first kappa shape index (κ1) is 10.8. The number of nitrogens with one attached hydrogen (secondary N) is 1. The zero-order chi connectivity index (χ0) is 11.7. The Balaban J connectivity index is 1.75. The van der Waals surface area contributed by atoms with Crippen molar-refractivity contribution in [3.8, 4) is 0 Å². The molecule has 1 aromatic carbocycles. The molecule has 1 aromatic rings. The van der Waals surface area contributed by atoms with E-state index in [2.05, 4.69) is 22.3 Å². The van der Waals surface area contributed by atoms with E-state index in [4.69, 9.17) is 11.3 Å². The molecule has 17 heavy (non-hydrogen) atoms. The number of nitrogens with zero attached hydrogens (tertiary/aromatic N) is 1. The number of benzene rings is 1. The predicted octanol–water partition coefficient (Wildman–Crippen LogP) is 2.68. The van der Waals surface area contributed by atoms with Crippen molar-refractivity contribution in [2.45, 2.75) is 18.9 Å². The monoisotopic (exact) mass is 228 g/mol. The molecule has 3 heteroatoms. The largest absolute Gasteiger partial charge is 0.381 e. The second kappa shape index (κ2) is 4.14. The summed E-state index contributed by atoms with van der Waals surface area (Å²) >= 11 is 0. The van der Waals surface area contributed by atoms with E-state index in [0.29, 0.717) is 17.1 Å². The lowest BCUT2D eigenvalue weighted by Crippen LogP contribution is -2.23. The van der Waals surface area contributed by atoms with Gasteiger partial charge in [-0.25, -0.2) is 4.85 Å². The highest BCUT2D eigenvalue weighted by atomic mass is 16.5. The fourth-order valence-corrected chi connectivity index (χ4v) is 2.88. The SMILES string of the molecule is [C-]#[N+]c1ccc(C2CC3(CCOC3)CN2)cc1. The van der Waals surface area contributed by atoms with Crippen molar-refractivity contribution in [2.24, 2.45) is 5.41 Å². The van der Waals surface area contributed by atoms with Crippen LogP contribution < -0.4 is 5.32 Å². The molecule has 0 aromatic heterocycles. The molecule has 2 heterocycles. The lowest BCUT2D eigenvalue weighted by Gasteiger charge is -2.19. The molecule has 0 aliphatic carbocycles. The Hall–Kier alpha value is -1.37. The van der Waals surface area contributed by atoms with Crippen LogP contribution in [0, 0.1) is 12.0 Å². The Labute approximate surface area is 102 Å². The standard InChI is InChI=1S/C14H16N2O/c1-15-12-4-2-11(3-5-12)13-8-14(9-16-13)6-7-17-10-14/h2-5,13,16H,6-10H2. The van der Waals surface area contributed by atoms with Gasteiger partial charge in [-0.05, 0) is 18.4 Å². The summed E-state index contributed by atoms with van der Waals surface area (Å²) in [5, 5.41) is 3.59. The van der Waals surface area contributed by atoms with E-state index in [1.54, 1.807) is 0 Å². The maximum Gasteiger partial charge on any atom is 0.187 e. The highest BCUT2D eigenvalue weighted by molar-refractivity contribution is 5.46. The van der Waals surface area contributed by atoms with Crippen LogP contribution in [0.2, 0.25) is 0 Å². The van der Waals surface area contributed by atoms with E-state index < -0.39 is 0 Å². The molecule has 1 N–H and O–H groups in total. The molecule has 2 atom stereocenters. The molecule has 0 amide bonds. The minimum absolute atomic E-state index is 0.364. The van der Waals surface area contributed by atoms with Crippen molar-refractivity contribution in [1.82, 2.24) is 5.32 Å². The molecule has 3 rings (SSSR count). The van der Waals surface area contributed by atoms with E-state index in [9.17, 15) is 0 Å². The van der Waals surface area contributed by atoms with Crippen molar-refractivity contribution >= 4 is 5.69 Å². The average Bonchev–Trinajstić information content (AvgIpc) is 3.01. The lowest BCUT2D eigenvalue weighted by atomic mass is 9.84. The van der Waals surface area contributed by atoms with Crippen LogP contribution in [0.25, 0.3) is 4.85 Å². The molecule has 2 aliphatic rings. The van der Waals surface area contributed by atoms with Crippen molar-refractivity contribution in [1.29, 1.82) is 0 Å². The van der Waals surface area contributed by atoms with Crippen molar-refractivity contribution < 1.29 is 4.74 Å². The summed E-state index contributed by atoms with van der Waals surface area (Å²) in [5.74, 6) is 0. The van der Waals surface area contributed by atoms with E-state index in [0.717, 1.165) is 26.2 Å². The van der Waals surface area contributed by atoms with Gasteiger partial charge in [0.05, 0.1) is 13.2 Å². The Morgan fingerprint density at radius 3 is 2.82 bits per heavy atom. The van der Waals surface area contributed by atoms with Gasteiger partial charge in [-0.1, -0.05) is 24.3 Å². The zero-order valence-electron chi connectivity index (χ0n) is 9.78. The molecular weight excluding hydrogens is 212 g/mol. The van der Waals surface area contributed by atoms with Gasteiger partial charge in [-0.15, -0.1) is 0 Å². The van der Waals surface area contributed by atoms with Gasteiger partial charge < -0.3 is 10.1 Å². The lowest BCUT2D eigenvalue weighted by molar-refractivity contribution is 0.159. The summed E-state index contributed by atoms with van der Waals surface area (Å²) in [6, 6.07) is 8.37. The highest BCUT2D eigenvalue weighted by Crippen LogP contribution is 2.42. The molecule has 3 nitrogen and oxygen atoms in total. The summed E-state index contributed by atoms with van der Waals surface area (Å²) in [6.07, 6.45) is 2.33. The van der Waals surface area contributed by atoms with Gasteiger partial charge in [0.15, 0.2) is 5.69 Å². The first-order valence-corrected chi connectivity index (χ1v) is 6.10. The van der Waals surface area contributed by atoms with Crippen LogP contribution in [-0.4, -0.2) is 19.8 Å². The van der Waals surface area contributed by atoms with Crippen LogP contribution in [0.4, 0.5) is 5.69 Å². The number of ether oxygens (including phenoxy) is 1. The summed E-state index contributed by atoms with van der Waals surface area (Å²) in [7, 11) is 0. The summed E-state index contributed by atoms with van der Waals surface area (Å²) < 4.78 is 5.52. The van der Waals surface area contributed by atoms with Crippen LogP contribution in [-0.2, 0) is 4.74 Å². The molecular formula is C14H16N2O. The van der Waals surface area contributed by atoms with Crippen molar-refractivity contribution in [2.75, 3.05) is 19.8 Å². The zero-order valence-corrected chi connectivity index (χ0v) is 9.78. The smallest absolute Gasteiger partial charge is 0.187 e. The fourth-order valence-electron chi connectivity index (χ4n) is 2.88. The normalized spacial score (nSPS) is 31.8. The van der Waals surface area contributed by atoms with Crippen LogP contribution in [0.5, 0.6) is 0 Å². The third-order valence-corrected chi connectivity index (χ3v) is 3.97. The number of hydrogen-bond acceptors (Lipinski definition) is 2. The Morgan fingerprint density at radius 2 is 2.18 bits per heavy atom. The molecule has 2 saturated heterocycles. The Kier molecular flexibility index (Phi) is 2.62. The van der Waals surface area contributed by atoms with Gasteiger partial charge >= 0.3 is 0 Å². The van der Waals surface area contributed by atoms with Crippen LogP contribution in [0.1, 0.15) is 24.4 Å². The maximum absolute atomic E-state index is 6.95. The minimum atomic E-state index is 0.364. The molecule has 2 aliphatic heterocycles. The Bertz CT molecular complexity index is 440. The third-order valence-electron chi connectivity index (χ3n) is 3.97. The quantitative estimate of drug-likeness (QED) is 0.748. The maximum atomic E-state index is 6.95. The van der Waals surface area contributed by atoms with Gasteiger partial charge in [-0.3, -0.25) is 0 Å². The molecule has 0 radical (unpaired) electrons. The number of hydrogen-bond donors (Lipinski definition) is 1. The Morgan fingerprint density at radius 1 is 1.35 bits per heavy atom. The van der Waals surface area contributed by atoms with Gasteiger partial charge in [0.25, 0.3) is 0 Å². The van der Waals surface area contributed by atoms with E-state index in [1.807, 2.05) is 12.1 Å². The van der Waals surface area contributed by atoms with E-state index in [-0.39, 0.29) is 0 Å². The second-order valence-electron chi connectivity index (χ2n) is 5.14. The first-order chi connectivity index (χ1) is 8.31. The highest BCUT2D eigenvalue weighted by Gasteiger charge is 2.42. The third kappa shape index (κ3) is 1.95. The fraction of sp³-hybridized carbons (Fsp3) is 0.500. The van der Waals surface area contributed by atoms with Gasteiger partial charge in [-0.2, -0.15) is 0 Å². The molecule has 1 spiro atoms. The van der Waals surface area contributed by atoms with Gasteiger partial charge in [0.1, 0.15) is 0 Å². The number of rotatable bonds is 1. The summed E-state index contributed by atoms with van der Waals surface area (Å²) in [4.78, 5) is 3.42. The molecule has 88 valence electrons. The molecule has 2 fully saturated rings. The molecule has 0 bridgehead atoms. The summed E-state index contributed by atoms with van der Waals surface area (Å²) in [5.41, 5.74) is 2.37. The van der Waals surface area contributed by atoms with E-state index in [1.165, 1.54) is 12.0 Å². The van der Waals surface area contributed by atoms with Crippen LogP contribution >= 0.6 is 0 Å². The molecule has 2 unspecified atom stereocenters. The minimum Gasteiger partial charge on any atom is -0.381 e. The topological polar surface area (TPSA) is 25.6 Å². The predicted molar refractivity (Wildman–Crippen MR) is 65.9 cm³/mol. The average molecular weight is 228 g/mol. The second-order valence-corrected chi connectivity index (χ2v) is 5.14. The van der Waals surface area contributed by atoms with Gasteiger partial charge in [0.2, 0.25) is 0 Å². The van der Waals surface area contributed by atoms with E-state index >= 15 is 0 Å². The van der Waals surface area contributed by atoms with Crippen LogP contribution in [0.3, 0.4) is 0 Å². The van der Waals surface area contributed by atoms with Crippen molar-refractivity contribution in [3.05, 3.63) is 41.2 Å².